The summed E-state index contributed by atoms with van der Waals surface area (Å²) in [5.74, 6) is -0.0385. The summed E-state index contributed by atoms with van der Waals surface area (Å²) in [5, 5.41) is 16.8. The van der Waals surface area contributed by atoms with Gasteiger partial charge in [-0.05, 0) is 0 Å². The van der Waals surface area contributed by atoms with Gasteiger partial charge in [-0.15, -0.1) is 0 Å². The maximum absolute atomic E-state index is 8.48. The van der Waals surface area contributed by atoms with Gasteiger partial charge in [0.05, 0.1) is 5.94 Å². The lowest BCUT2D eigenvalue weighted by Crippen LogP contribution is -2.23. The quantitative estimate of drug-likeness (QED) is 0.442. The summed E-state index contributed by atoms with van der Waals surface area (Å²) in [7, 11) is 1.66. The molecule has 0 fully saturated rings. The number of thioether (sulfide) groups is 1. The van der Waals surface area contributed by atoms with Crippen LogP contribution in [0.25, 0.3) is 0 Å². The minimum Gasteiger partial charge on any atom is -0.385 e. The lowest BCUT2D eigenvalue weighted by molar-refractivity contribution is 0.196. The van der Waals surface area contributed by atoms with E-state index in [1.54, 1.807) is 7.05 Å². The number of hydrogen-bond donors (Lipinski definition) is 2. The summed E-state index contributed by atoms with van der Waals surface area (Å²) in [6, 6.07) is 0. The first-order valence-corrected chi connectivity index (χ1v) is 3.71. The highest BCUT2D eigenvalue weighted by molar-refractivity contribution is 8.22. The van der Waals surface area contributed by atoms with Crippen molar-refractivity contribution in [3.05, 3.63) is 0 Å². The molecule has 0 aliphatic heterocycles. The van der Waals surface area contributed by atoms with Gasteiger partial charge in [-0.25, -0.2) is 0 Å². The van der Waals surface area contributed by atoms with Crippen LogP contribution in [0.15, 0.2) is 0 Å². The molecule has 0 rings (SSSR count). The fourth-order valence-corrected chi connectivity index (χ4v) is 0.828. The molecule has 0 aromatic carbocycles. The van der Waals surface area contributed by atoms with Crippen molar-refractivity contribution in [1.82, 2.24) is 4.90 Å². The molecule has 0 atom stereocenters. The monoisotopic (exact) mass is 167 g/mol. The molecular weight excluding hydrogens is 158 g/mol. The molecule has 2 N–H and O–H groups in total. The van der Waals surface area contributed by atoms with Crippen LogP contribution in [0.1, 0.15) is 0 Å². The molecule has 54 valence electrons. The van der Waals surface area contributed by atoms with E-state index in [1.165, 1.54) is 4.90 Å². The maximum Gasteiger partial charge on any atom is 0.140 e. The Kier molecular flexibility index (Phi) is 5.07. The predicted octanol–water partition coefficient (Wildman–Crippen LogP) is -0.164. The Morgan fingerprint density at radius 3 is 2.56 bits per heavy atom. The topological polar surface area (TPSA) is 43.7 Å². The summed E-state index contributed by atoms with van der Waals surface area (Å²) in [5.41, 5.74) is 0. The largest absolute Gasteiger partial charge is 0.385 e. The van der Waals surface area contributed by atoms with Gasteiger partial charge in [0.15, 0.2) is 0 Å². The summed E-state index contributed by atoms with van der Waals surface area (Å²) >= 11 is 5.86. The molecule has 0 unspecified atom stereocenters. The molecule has 0 saturated heterocycles. The standard InChI is InChI=1S/C4H9NO2S2/c1-5(2-6)4(8)9-3-7/h6-7H,2-3H2,1H3. The van der Waals surface area contributed by atoms with Crippen LogP contribution in [0.5, 0.6) is 0 Å². The summed E-state index contributed by atoms with van der Waals surface area (Å²) in [6.07, 6.45) is 0. The van der Waals surface area contributed by atoms with Gasteiger partial charge >= 0.3 is 0 Å². The smallest absolute Gasteiger partial charge is 0.140 e. The number of rotatable bonds is 2. The van der Waals surface area contributed by atoms with Crippen molar-refractivity contribution in [2.24, 2.45) is 0 Å². The van der Waals surface area contributed by atoms with Gasteiger partial charge in [0.2, 0.25) is 0 Å². The van der Waals surface area contributed by atoms with Gasteiger partial charge in [0, 0.05) is 7.05 Å². The van der Waals surface area contributed by atoms with Crippen molar-refractivity contribution < 1.29 is 10.2 Å². The second kappa shape index (κ2) is 4.99. The molecule has 0 aliphatic carbocycles. The zero-order valence-corrected chi connectivity index (χ0v) is 6.71. The van der Waals surface area contributed by atoms with Crippen LogP contribution >= 0.6 is 24.0 Å². The zero-order valence-electron chi connectivity index (χ0n) is 5.07. The number of thiocarbonyl (C=S) groups is 1. The van der Waals surface area contributed by atoms with Crippen LogP contribution < -0.4 is 0 Å². The molecule has 0 aromatic heterocycles. The summed E-state index contributed by atoms with van der Waals surface area (Å²) in [6.45, 7) is -0.105. The molecule has 0 spiro atoms. The van der Waals surface area contributed by atoms with Crippen molar-refractivity contribution in [2.75, 3.05) is 19.7 Å². The Morgan fingerprint density at radius 1 is 1.67 bits per heavy atom. The highest BCUT2D eigenvalue weighted by atomic mass is 32.2. The lowest BCUT2D eigenvalue weighted by Gasteiger charge is -2.14. The molecule has 9 heavy (non-hydrogen) atoms. The number of aliphatic hydroxyl groups excluding tert-OH is 2. The summed E-state index contributed by atoms with van der Waals surface area (Å²) in [4.78, 5) is 1.47. The number of hydrogen-bond acceptors (Lipinski definition) is 4. The third kappa shape index (κ3) is 3.69. The molecular formula is C4H9NO2S2. The van der Waals surface area contributed by atoms with Crippen molar-refractivity contribution in [3.8, 4) is 0 Å². The lowest BCUT2D eigenvalue weighted by atomic mass is 10.9. The van der Waals surface area contributed by atoms with E-state index in [-0.39, 0.29) is 12.7 Å². The normalized spacial score (nSPS) is 9.22. The van der Waals surface area contributed by atoms with Gasteiger partial charge in [-0.1, -0.05) is 24.0 Å². The molecule has 0 radical (unpaired) electrons. The molecule has 0 amide bonds. The van der Waals surface area contributed by atoms with Crippen molar-refractivity contribution in [1.29, 1.82) is 0 Å². The van der Waals surface area contributed by atoms with Gasteiger partial charge in [-0.3, -0.25) is 0 Å². The number of aliphatic hydroxyl groups is 2. The van der Waals surface area contributed by atoms with E-state index in [1.807, 2.05) is 0 Å². The van der Waals surface area contributed by atoms with E-state index in [0.717, 1.165) is 11.8 Å². The predicted molar refractivity (Wildman–Crippen MR) is 42.1 cm³/mol. The molecule has 0 aliphatic rings. The Morgan fingerprint density at radius 2 is 2.22 bits per heavy atom. The van der Waals surface area contributed by atoms with Crippen LogP contribution in [0.2, 0.25) is 0 Å². The van der Waals surface area contributed by atoms with Crippen LogP contribution in [0.4, 0.5) is 0 Å². The SMILES string of the molecule is CN(CO)C(=S)SCO. The fourth-order valence-electron chi connectivity index (χ4n) is 0.223. The van der Waals surface area contributed by atoms with Crippen LogP contribution in [-0.2, 0) is 0 Å². The Labute approximate surface area is 63.7 Å². The fraction of sp³-hybridized carbons (Fsp3) is 0.750. The van der Waals surface area contributed by atoms with E-state index in [9.17, 15) is 0 Å². The van der Waals surface area contributed by atoms with E-state index in [0.29, 0.717) is 4.32 Å². The second-order valence-corrected chi connectivity index (χ2v) is 2.96. The molecule has 0 saturated carbocycles. The minimum atomic E-state index is -0.105. The molecule has 0 aromatic rings. The summed E-state index contributed by atoms with van der Waals surface area (Å²) < 4.78 is 0.500. The third-order valence-electron chi connectivity index (χ3n) is 0.712. The Hall–Kier alpha value is 0.160. The molecule has 3 nitrogen and oxygen atoms in total. The molecule has 0 bridgehead atoms. The first-order chi connectivity index (χ1) is 4.22. The van der Waals surface area contributed by atoms with Gasteiger partial charge in [0.25, 0.3) is 0 Å². The second-order valence-electron chi connectivity index (χ2n) is 1.38. The van der Waals surface area contributed by atoms with Gasteiger partial charge in [0.1, 0.15) is 11.1 Å². The first-order valence-electron chi connectivity index (χ1n) is 2.32. The van der Waals surface area contributed by atoms with E-state index >= 15 is 0 Å². The van der Waals surface area contributed by atoms with E-state index in [4.69, 9.17) is 22.4 Å². The van der Waals surface area contributed by atoms with Gasteiger partial charge < -0.3 is 15.1 Å². The average Bonchev–Trinajstić information content (AvgIpc) is 1.87. The van der Waals surface area contributed by atoms with Crippen molar-refractivity contribution in [3.63, 3.8) is 0 Å². The van der Waals surface area contributed by atoms with Crippen LogP contribution in [0, 0.1) is 0 Å². The van der Waals surface area contributed by atoms with E-state index < -0.39 is 0 Å². The molecule has 5 heteroatoms. The first kappa shape index (κ1) is 9.16. The van der Waals surface area contributed by atoms with Crippen molar-refractivity contribution in [2.45, 2.75) is 0 Å². The molecule has 0 heterocycles. The number of nitrogens with zero attached hydrogens (tertiary/aromatic N) is 1. The van der Waals surface area contributed by atoms with Gasteiger partial charge in [-0.2, -0.15) is 0 Å². The minimum absolute atomic E-state index is 0.0385. The third-order valence-corrected chi connectivity index (χ3v) is 2.06. The highest BCUT2D eigenvalue weighted by Crippen LogP contribution is 2.04. The zero-order chi connectivity index (χ0) is 7.28. The van der Waals surface area contributed by atoms with E-state index in [2.05, 4.69) is 0 Å². The highest BCUT2D eigenvalue weighted by Gasteiger charge is 1.99. The van der Waals surface area contributed by atoms with Crippen molar-refractivity contribution >= 4 is 28.3 Å². The Bertz CT molecular complexity index is 98.6. The van der Waals surface area contributed by atoms with Crippen LogP contribution in [-0.4, -0.2) is 39.2 Å². The average molecular weight is 167 g/mol. The Balaban J connectivity index is 3.46. The maximum atomic E-state index is 8.48. The van der Waals surface area contributed by atoms with Crippen LogP contribution in [0.3, 0.4) is 0 Å².